The first-order valence-corrected chi connectivity index (χ1v) is 6.22. The number of carboxylic acids is 1. The second-order valence-corrected chi connectivity index (χ2v) is 4.70. The van der Waals surface area contributed by atoms with E-state index in [0.29, 0.717) is 15.8 Å². The van der Waals surface area contributed by atoms with E-state index in [2.05, 4.69) is 0 Å². The van der Waals surface area contributed by atoms with Crippen molar-refractivity contribution in [3.63, 3.8) is 0 Å². The molecular formula is C14H10Cl2O3. The highest BCUT2D eigenvalue weighted by Crippen LogP contribution is 2.21. The molecule has 5 heteroatoms. The summed E-state index contributed by atoms with van der Waals surface area (Å²) in [5.74, 6) is -0.338. The molecule has 0 unspecified atom stereocenters. The summed E-state index contributed by atoms with van der Waals surface area (Å²) in [7, 11) is 0. The van der Waals surface area contributed by atoms with Crippen LogP contribution < -0.4 is 4.74 Å². The maximum Gasteiger partial charge on any atom is 0.335 e. The van der Waals surface area contributed by atoms with Gasteiger partial charge < -0.3 is 9.84 Å². The molecule has 98 valence electrons. The fraction of sp³-hybridized carbons (Fsp3) is 0.0714. The molecule has 2 rings (SSSR count). The van der Waals surface area contributed by atoms with Gasteiger partial charge in [-0.1, -0.05) is 29.3 Å². The second-order valence-electron chi connectivity index (χ2n) is 3.85. The molecule has 0 aliphatic carbocycles. The van der Waals surface area contributed by atoms with Crippen molar-refractivity contribution in [2.24, 2.45) is 0 Å². The number of aromatic carboxylic acids is 1. The lowest BCUT2D eigenvalue weighted by Crippen LogP contribution is -2.00. The first-order valence-electron chi connectivity index (χ1n) is 5.46. The van der Waals surface area contributed by atoms with Crippen molar-refractivity contribution in [2.75, 3.05) is 0 Å². The summed E-state index contributed by atoms with van der Waals surface area (Å²) in [6.07, 6.45) is 0. The zero-order valence-corrected chi connectivity index (χ0v) is 11.3. The Morgan fingerprint density at radius 2 is 1.79 bits per heavy atom. The predicted octanol–water partition coefficient (Wildman–Crippen LogP) is 4.27. The van der Waals surface area contributed by atoms with Gasteiger partial charge in [-0.3, -0.25) is 0 Å². The standard InChI is InChI=1S/C14H10Cl2O3/c15-11-3-5-12(6-4-11)19-8-10-2-1-9(14(17)18)7-13(10)16/h1-7H,8H2,(H,17,18). The normalized spacial score (nSPS) is 10.2. The third-order valence-corrected chi connectivity index (χ3v) is 3.11. The molecule has 0 bridgehead atoms. The highest BCUT2D eigenvalue weighted by Gasteiger charge is 2.07. The van der Waals surface area contributed by atoms with E-state index in [9.17, 15) is 4.79 Å². The summed E-state index contributed by atoms with van der Waals surface area (Å²) in [6.45, 7) is 0.264. The molecule has 0 amide bonds. The maximum absolute atomic E-state index is 10.8. The number of benzene rings is 2. The van der Waals surface area contributed by atoms with Crippen LogP contribution in [0.5, 0.6) is 5.75 Å². The number of hydrogen-bond acceptors (Lipinski definition) is 2. The van der Waals surface area contributed by atoms with Gasteiger partial charge in [0.2, 0.25) is 0 Å². The van der Waals surface area contributed by atoms with E-state index < -0.39 is 5.97 Å². The molecule has 0 radical (unpaired) electrons. The first-order chi connectivity index (χ1) is 9.06. The van der Waals surface area contributed by atoms with E-state index in [1.165, 1.54) is 12.1 Å². The lowest BCUT2D eigenvalue weighted by Gasteiger charge is -2.08. The van der Waals surface area contributed by atoms with Crippen LogP contribution in [0.15, 0.2) is 42.5 Å². The number of carboxylic acid groups (broad SMARTS) is 1. The average molecular weight is 297 g/mol. The Morgan fingerprint density at radius 1 is 1.11 bits per heavy atom. The Bertz CT molecular complexity index is 594. The van der Waals surface area contributed by atoms with Gasteiger partial charge in [-0.2, -0.15) is 0 Å². The summed E-state index contributed by atoms with van der Waals surface area (Å²) < 4.78 is 5.54. The van der Waals surface area contributed by atoms with Crippen LogP contribution >= 0.6 is 23.2 Å². The lowest BCUT2D eigenvalue weighted by atomic mass is 10.1. The van der Waals surface area contributed by atoms with Gasteiger partial charge in [-0.15, -0.1) is 0 Å². The van der Waals surface area contributed by atoms with Gasteiger partial charge in [0.1, 0.15) is 12.4 Å². The molecule has 0 atom stereocenters. The highest BCUT2D eigenvalue weighted by atomic mass is 35.5. The molecule has 0 saturated carbocycles. The molecule has 3 nitrogen and oxygen atoms in total. The molecule has 19 heavy (non-hydrogen) atoms. The van der Waals surface area contributed by atoms with Gasteiger partial charge in [0.15, 0.2) is 0 Å². The van der Waals surface area contributed by atoms with E-state index >= 15 is 0 Å². The largest absolute Gasteiger partial charge is 0.489 e. The van der Waals surface area contributed by atoms with Crippen molar-refractivity contribution >= 4 is 29.2 Å². The highest BCUT2D eigenvalue weighted by molar-refractivity contribution is 6.31. The number of rotatable bonds is 4. The first kappa shape index (κ1) is 13.7. The van der Waals surface area contributed by atoms with Gasteiger partial charge in [-0.25, -0.2) is 4.79 Å². The number of ether oxygens (including phenoxy) is 1. The van der Waals surface area contributed by atoms with Crippen molar-refractivity contribution < 1.29 is 14.6 Å². The van der Waals surface area contributed by atoms with E-state index in [4.69, 9.17) is 33.0 Å². The monoisotopic (exact) mass is 296 g/mol. The third-order valence-electron chi connectivity index (χ3n) is 2.51. The summed E-state index contributed by atoms with van der Waals surface area (Å²) in [4.78, 5) is 10.8. The zero-order valence-electron chi connectivity index (χ0n) is 9.77. The Kier molecular flexibility index (Phi) is 4.30. The van der Waals surface area contributed by atoms with Crippen LogP contribution in [0.25, 0.3) is 0 Å². The molecule has 0 aromatic heterocycles. The van der Waals surface area contributed by atoms with Crippen molar-refractivity contribution in [1.29, 1.82) is 0 Å². The Balaban J connectivity index is 2.07. The molecule has 2 aromatic rings. The SMILES string of the molecule is O=C(O)c1ccc(COc2ccc(Cl)cc2)c(Cl)c1. The van der Waals surface area contributed by atoms with Crippen LogP contribution in [0.3, 0.4) is 0 Å². The predicted molar refractivity (Wildman–Crippen MR) is 74.2 cm³/mol. The van der Waals surface area contributed by atoms with E-state index in [1.807, 2.05) is 0 Å². The van der Waals surface area contributed by atoms with Gasteiger partial charge >= 0.3 is 5.97 Å². The minimum atomic E-state index is -1.01. The van der Waals surface area contributed by atoms with Crippen LogP contribution in [0, 0.1) is 0 Å². The molecule has 0 fully saturated rings. The van der Waals surface area contributed by atoms with Crippen molar-refractivity contribution in [2.45, 2.75) is 6.61 Å². The van der Waals surface area contributed by atoms with Crippen LogP contribution in [0.4, 0.5) is 0 Å². The lowest BCUT2D eigenvalue weighted by molar-refractivity contribution is 0.0697. The van der Waals surface area contributed by atoms with Crippen molar-refractivity contribution in [1.82, 2.24) is 0 Å². The third kappa shape index (κ3) is 3.63. The number of hydrogen-bond donors (Lipinski definition) is 1. The summed E-state index contributed by atoms with van der Waals surface area (Å²) in [5.41, 5.74) is 0.877. The molecule has 2 aromatic carbocycles. The molecule has 0 aliphatic rings. The fourth-order valence-electron chi connectivity index (χ4n) is 1.49. The van der Waals surface area contributed by atoms with Gasteiger partial charge in [0.25, 0.3) is 0 Å². The van der Waals surface area contributed by atoms with Gasteiger partial charge in [0, 0.05) is 15.6 Å². The summed E-state index contributed by atoms with van der Waals surface area (Å²) >= 11 is 11.8. The molecule has 1 N–H and O–H groups in total. The minimum absolute atomic E-state index is 0.153. The number of carbonyl (C=O) groups is 1. The zero-order chi connectivity index (χ0) is 13.8. The smallest absolute Gasteiger partial charge is 0.335 e. The Hall–Kier alpha value is -1.71. The van der Waals surface area contributed by atoms with Gasteiger partial charge in [0.05, 0.1) is 5.56 Å². The van der Waals surface area contributed by atoms with Crippen LogP contribution in [0.1, 0.15) is 15.9 Å². The summed E-state index contributed by atoms with van der Waals surface area (Å²) in [6, 6.07) is 11.5. The van der Waals surface area contributed by atoms with Crippen molar-refractivity contribution in [3.8, 4) is 5.75 Å². The number of halogens is 2. The molecule has 0 saturated heterocycles. The topological polar surface area (TPSA) is 46.5 Å². The summed E-state index contributed by atoms with van der Waals surface area (Å²) in [5, 5.41) is 9.84. The molecule has 0 aliphatic heterocycles. The quantitative estimate of drug-likeness (QED) is 0.916. The Labute approximate surface area is 120 Å². The van der Waals surface area contributed by atoms with E-state index in [0.717, 1.165) is 5.56 Å². The van der Waals surface area contributed by atoms with Crippen molar-refractivity contribution in [3.05, 3.63) is 63.6 Å². The molecule has 0 heterocycles. The Morgan fingerprint density at radius 3 is 2.37 bits per heavy atom. The van der Waals surface area contributed by atoms with E-state index in [1.54, 1.807) is 30.3 Å². The second kappa shape index (κ2) is 5.95. The molecule has 0 spiro atoms. The van der Waals surface area contributed by atoms with Crippen LogP contribution in [-0.2, 0) is 6.61 Å². The van der Waals surface area contributed by atoms with Crippen LogP contribution in [0.2, 0.25) is 10.0 Å². The van der Waals surface area contributed by atoms with E-state index in [-0.39, 0.29) is 12.2 Å². The fourth-order valence-corrected chi connectivity index (χ4v) is 1.85. The minimum Gasteiger partial charge on any atom is -0.489 e. The average Bonchev–Trinajstić information content (AvgIpc) is 2.39. The van der Waals surface area contributed by atoms with Crippen LogP contribution in [-0.4, -0.2) is 11.1 Å². The molecular weight excluding hydrogens is 287 g/mol. The van der Waals surface area contributed by atoms with Gasteiger partial charge in [-0.05, 0) is 36.4 Å². The maximum atomic E-state index is 10.8.